The van der Waals surface area contributed by atoms with Crippen LogP contribution >= 0.6 is 23.4 Å². The summed E-state index contributed by atoms with van der Waals surface area (Å²) < 4.78 is 0. The van der Waals surface area contributed by atoms with Gasteiger partial charge in [0, 0.05) is 11.1 Å². The molecule has 0 fully saturated rings. The second-order valence-electron chi connectivity index (χ2n) is 3.49. The first kappa shape index (κ1) is 12.9. The van der Waals surface area contributed by atoms with E-state index in [1.807, 2.05) is 30.3 Å². The summed E-state index contributed by atoms with van der Waals surface area (Å²) in [6, 6.07) is 11.0. The summed E-state index contributed by atoms with van der Waals surface area (Å²) in [5, 5.41) is 18.8. The third kappa shape index (κ3) is 2.82. The van der Waals surface area contributed by atoms with Gasteiger partial charge in [-0.05, 0) is 23.8 Å². The number of benzene rings is 1. The van der Waals surface area contributed by atoms with E-state index in [2.05, 4.69) is 4.98 Å². The zero-order valence-corrected chi connectivity index (χ0v) is 10.9. The number of nitrogens with zero attached hydrogens (tertiary/aromatic N) is 2. The lowest BCUT2D eigenvalue weighted by molar-refractivity contribution is 0.282. The molecule has 1 N–H and O–H groups in total. The monoisotopic (exact) mass is 276 g/mol. The molecule has 1 aromatic carbocycles. The fourth-order valence-electron chi connectivity index (χ4n) is 1.36. The summed E-state index contributed by atoms with van der Waals surface area (Å²) in [6.07, 6.45) is 1.56. The zero-order chi connectivity index (χ0) is 13.0. The third-order valence-electron chi connectivity index (χ3n) is 2.30. The van der Waals surface area contributed by atoms with Crippen LogP contribution in [0.1, 0.15) is 11.1 Å². The molecule has 18 heavy (non-hydrogen) atoms. The van der Waals surface area contributed by atoms with Crippen molar-refractivity contribution in [3.63, 3.8) is 0 Å². The number of aromatic nitrogens is 1. The molecule has 0 aliphatic carbocycles. The summed E-state index contributed by atoms with van der Waals surface area (Å²) in [5.74, 6) is 0. The highest BCUT2D eigenvalue weighted by Crippen LogP contribution is 2.33. The van der Waals surface area contributed by atoms with Crippen LogP contribution in [0.5, 0.6) is 0 Å². The lowest BCUT2D eigenvalue weighted by Crippen LogP contribution is -1.86. The Labute approximate surface area is 114 Å². The highest BCUT2D eigenvalue weighted by atomic mass is 35.5. The average molecular weight is 277 g/mol. The Morgan fingerprint density at radius 2 is 2.00 bits per heavy atom. The second kappa shape index (κ2) is 5.87. The van der Waals surface area contributed by atoms with Crippen molar-refractivity contribution < 1.29 is 5.11 Å². The summed E-state index contributed by atoms with van der Waals surface area (Å²) in [6.45, 7) is 0.0217. The second-order valence-corrected chi connectivity index (χ2v) is 4.93. The summed E-state index contributed by atoms with van der Waals surface area (Å²) in [4.78, 5) is 5.11. The molecule has 2 rings (SSSR count). The molecule has 2 aromatic rings. The summed E-state index contributed by atoms with van der Waals surface area (Å²) in [5.41, 5.74) is 1.27. The molecule has 0 saturated heterocycles. The zero-order valence-electron chi connectivity index (χ0n) is 9.30. The first-order valence-electron chi connectivity index (χ1n) is 5.17. The molecule has 0 unspecified atom stereocenters. The minimum absolute atomic E-state index is 0.0217. The van der Waals surface area contributed by atoms with E-state index in [4.69, 9.17) is 22.0 Å². The molecule has 0 saturated carbocycles. The Morgan fingerprint density at radius 1 is 1.28 bits per heavy atom. The van der Waals surface area contributed by atoms with Crippen LogP contribution in [0.15, 0.2) is 46.5 Å². The van der Waals surface area contributed by atoms with Gasteiger partial charge in [0.25, 0.3) is 0 Å². The number of aliphatic hydroxyl groups excluding tert-OH is 1. The fourth-order valence-corrected chi connectivity index (χ4v) is 2.43. The number of pyridine rings is 1. The highest BCUT2D eigenvalue weighted by molar-refractivity contribution is 7.99. The van der Waals surface area contributed by atoms with Crippen LogP contribution < -0.4 is 0 Å². The molecule has 0 aliphatic heterocycles. The molecule has 0 atom stereocenters. The third-order valence-corrected chi connectivity index (χ3v) is 3.80. The molecule has 90 valence electrons. The van der Waals surface area contributed by atoms with Gasteiger partial charge in [0.2, 0.25) is 0 Å². The molecule has 1 aromatic heterocycles. The predicted molar refractivity (Wildman–Crippen MR) is 70.4 cm³/mol. The molecule has 0 spiro atoms. The number of aliphatic hydroxyl groups is 1. The van der Waals surface area contributed by atoms with E-state index >= 15 is 0 Å². The SMILES string of the molecule is N#Cc1ccnc(Sc2ccc(CO)cc2)c1Cl. The number of nitriles is 1. The van der Waals surface area contributed by atoms with Crippen LogP contribution in [0, 0.1) is 11.3 Å². The minimum atomic E-state index is 0.0217. The van der Waals surface area contributed by atoms with Gasteiger partial charge in [-0.2, -0.15) is 5.26 Å². The summed E-state index contributed by atoms with van der Waals surface area (Å²) in [7, 11) is 0. The molecule has 1 heterocycles. The fraction of sp³-hybridized carbons (Fsp3) is 0.0769. The first-order chi connectivity index (χ1) is 8.74. The molecular weight excluding hydrogens is 268 g/mol. The van der Waals surface area contributed by atoms with Gasteiger partial charge in [0.1, 0.15) is 11.1 Å². The van der Waals surface area contributed by atoms with Gasteiger partial charge < -0.3 is 5.11 Å². The largest absolute Gasteiger partial charge is 0.392 e. The average Bonchev–Trinajstić information content (AvgIpc) is 2.42. The Bertz CT molecular complexity index is 593. The molecular formula is C13H9ClN2OS. The lowest BCUT2D eigenvalue weighted by Gasteiger charge is -2.04. The van der Waals surface area contributed by atoms with Gasteiger partial charge in [-0.25, -0.2) is 4.98 Å². The van der Waals surface area contributed by atoms with Crippen LogP contribution in [0.2, 0.25) is 5.02 Å². The van der Waals surface area contributed by atoms with Crippen molar-refractivity contribution in [1.29, 1.82) is 5.26 Å². The van der Waals surface area contributed by atoms with Crippen molar-refractivity contribution >= 4 is 23.4 Å². The minimum Gasteiger partial charge on any atom is -0.392 e. The quantitative estimate of drug-likeness (QED) is 0.935. The van der Waals surface area contributed by atoms with Crippen molar-refractivity contribution in [2.24, 2.45) is 0 Å². The van der Waals surface area contributed by atoms with Crippen LogP contribution in [-0.2, 0) is 6.61 Å². The maximum atomic E-state index is 8.95. The van der Waals surface area contributed by atoms with Crippen molar-refractivity contribution in [3.8, 4) is 6.07 Å². The van der Waals surface area contributed by atoms with Gasteiger partial charge in [-0.15, -0.1) is 0 Å². The van der Waals surface area contributed by atoms with E-state index in [-0.39, 0.29) is 6.61 Å². The van der Waals surface area contributed by atoms with Gasteiger partial charge in [0.15, 0.2) is 0 Å². The normalized spacial score (nSPS) is 10.1. The van der Waals surface area contributed by atoms with Crippen LogP contribution in [0.4, 0.5) is 0 Å². The Kier molecular flexibility index (Phi) is 4.21. The lowest BCUT2D eigenvalue weighted by atomic mass is 10.2. The van der Waals surface area contributed by atoms with Crippen LogP contribution in [-0.4, -0.2) is 10.1 Å². The van der Waals surface area contributed by atoms with Crippen molar-refractivity contribution in [3.05, 3.63) is 52.7 Å². The Balaban J connectivity index is 2.26. The van der Waals surface area contributed by atoms with E-state index in [1.165, 1.54) is 11.8 Å². The van der Waals surface area contributed by atoms with Crippen molar-refractivity contribution in [2.75, 3.05) is 0 Å². The number of rotatable bonds is 3. The smallest absolute Gasteiger partial charge is 0.121 e. The molecule has 0 amide bonds. The van der Waals surface area contributed by atoms with Gasteiger partial charge in [0.05, 0.1) is 17.2 Å². The van der Waals surface area contributed by atoms with E-state index in [1.54, 1.807) is 12.3 Å². The number of hydrogen-bond acceptors (Lipinski definition) is 4. The Morgan fingerprint density at radius 3 is 2.61 bits per heavy atom. The molecule has 3 nitrogen and oxygen atoms in total. The summed E-state index contributed by atoms with van der Waals surface area (Å²) >= 11 is 7.46. The standard InChI is InChI=1S/C13H9ClN2OS/c14-12-10(7-15)5-6-16-13(12)18-11-3-1-9(8-17)2-4-11/h1-6,17H,8H2. The number of hydrogen-bond donors (Lipinski definition) is 1. The van der Waals surface area contributed by atoms with Crippen molar-refractivity contribution in [1.82, 2.24) is 4.98 Å². The van der Waals surface area contributed by atoms with Gasteiger partial charge in [-0.1, -0.05) is 35.5 Å². The Hall–Kier alpha value is -1.54. The van der Waals surface area contributed by atoms with E-state index < -0.39 is 0 Å². The van der Waals surface area contributed by atoms with E-state index in [0.29, 0.717) is 15.6 Å². The number of halogens is 1. The van der Waals surface area contributed by atoms with Crippen LogP contribution in [0.3, 0.4) is 0 Å². The van der Waals surface area contributed by atoms with Gasteiger partial charge >= 0.3 is 0 Å². The molecule has 0 aliphatic rings. The van der Waals surface area contributed by atoms with Crippen molar-refractivity contribution in [2.45, 2.75) is 16.5 Å². The van der Waals surface area contributed by atoms with Crippen LogP contribution in [0.25, 0.3) is 0 Å². The highest BCUT2D eigenvalue weighted by Gasteiger charge is 2.08. The molecule has 0 bridgehead atoms. The first-order valence-corrected chi connectivity index (χ1v) is 6.36. The maximum Gasteiger partial charge on any atom is 0.121 e. The van der Waals surface area contributed by atoms with Gasteiger partial charge in [-0.3, -0.25) is 0 Å². The maximum absolute atomic E-state index is 8.95. The van der Waals surface area contributed by atoms with E-state index in [0.717, 1.165) is 10.5 Å². The topological polar surface area (TPSA) is 56.9 Å². The molecule has 5 heteroatoms. The predicted octanol–water partition coefficient (Wildman–Crippen LogP) is 3.25. The molecule has 0 radical (unpaired) electrons. The van der Waals surface area contributed by atoms with E-state index in [9.17, 15) is 0 Å².